The third-order valence-corrected chi connectivity index (χ3v) is 6.08. The highest BCUT2D eigenvalue weighted by atomic mass is 16.5. The van der Waals surface area contributed by atoms with E-state index in [4.69, 9.17) is 9.15 Å². The molecule has 1 unspecified atom stereocenters. The van der Waals surface area contributed by atoms with Gasteiger partial charge < -0.3 is 14.5 Å². The SMILES string of the molecule is Cc1ccc(C2=NN(C(=O)COC(=O)CCNC(=O)c3n[nH]c4ccccc34)C(c3ccco3)C2)cc1. The average molecular weight is 500 g/mol. The van der Waals surface area contributed by atoms with E-state index in [9.17, 15) is 14.4 Å². The highest BCUT2D eigenvalue weighted by Gasteiger charge is 2.35. The first-order chi connectivity index (χ1) is 18.0. The molecule has 1 aliphatic heterocycles. The van der Waals surface area contributed by atoms with E-state index in [2.05, 4.69) is 20.6 Å². The largest absolute Gasteiger partial charge is 0.467 e. The Morgan fingerprint density at radius 3 is 2.70 bits per heavy atom. The summed E-state index contributed by atoms with van der Waals surface area (Å²) in [6.45, 7) is 1.57. The number of esters is 1. The molecule has 1 atom stereocenters. The van der Waals surface area contributed by atoms with Crippen LogP contribution in [0.25, 0.3) is 10.9 Å². The van der Waals surface area contributed by atoms with E-state index in [1.807, 2.05) is 49.4 Å². The monoisotopic (exact) mass is 499 g/mol. The van der Waals surface area contributed by atoms with E-state index in [1.54, 1.807) is 24.5 Å². The molecule has 0 radical (unpaired) electrons. The van der Waals surface area contributed by atoms with Crippen molar-refractivity contribution in [2.24, 2.45) is 5.10 Å². The lowest BCUT2D eigenvalue weighted by Crippen LogP contribution is -2.32. The second-order valence-electron chi connectivity index (χ2n) is 8.67. The number of hydrogen-bond acceptors (Lipinski definition) is 7. The molecule has 2 aromatic carbocycles. The molecule has 5 rings (SSSR count). The number of nitrogens with one attached hydrogen (secondary N) is 2. The molecule has 37 heavy (non-hydrogen) atoms. The van der Waals surface area contributed by atoms with Crippen LogP contribution in [0.1, 0.15) is 46.3 Å². The van der Waals surface area contributed by atoms with Gasteiger partial charge in [0.25, 0.3) is 11.8 Å². The molecule has 0 fully saturated rings. The van der Waals surface area contributed by atoms with Crippen molar-refractivity contribution in [3.63, 3.8) is 0 Å². The maximum atomic E-state index is 13.0. The van der Waals surface area contributed by atoms with E-state index in [0.717, 1.165) is 22.4 Å². The number of rotatable bonds is 8. The molecule has 1 aliphatic rings. The van der Waals surface area contributed by atoms with Gasteiger partial charge in [0.15, 0.2) is 12.3 Å². The van der Waals surface area contributed by atoms with E-state index in [0.29, 0.717) is 17.6 Å². The lowest BCUT2D eigenvalue weighted by molar-refractivity contribution is -0.152. The Balaban J connectivity index is 1.16. The molecule has 2 N–H and O–H groups in total. The molecule has 10 heteroatoms. The van der Waals surface area contributed by atoms with Gasteiger partial charge in [-0.15, -0.1) is 0 Å². The molecule has 2 amide bonds. The standard InChI is InChI=1S/C27H25N5O5/c1-17-8-10-18(11-9-17)21-15-22(23-7-4-14-36-23)32(31-21)24(33)16-37-25(34)12-13-28-27(35)26-19-5-2-3-6-20(19)29-30-26/h2-11,14,22H,12-13,15-16H2,1H3,(H,28,35)(H,29,30). The number of furan rings is 1. The van der Waals surface area contributed by atoms with Crippen LogP contribution in [0.15, 0.2) is 76.4 Å². The molecule has 0 saturated heterocycles. The van der Waals surface area contributed by atoms with Gasteiger partial charge in [0.1, 0.15) is 11.8 Å². The van der Waals surface area contributed by atoms with Crippen LogP contribution in [0.5, 0.6) is 0 Å². The highest BCUT2D eigenvalue weighted by molar-refractivity contribution is 6.05. The minimum absolute atomic E-state index is 0.0432. The topological polar surface area (TPSA) is 130 Å². The Kier molecular flexibility index (Phi) is 6.80. The predicted molar refractivity (Wildman–Crippen MR) is 135 cm³/mol. The lowest BCUT2D eigenvalue weighted by atomic mass is 10.0. The molecule has 188 valence electrons. The Bertz CT molecular complexity index is 1460. The summed E-state index contributed by atoms with van der Waals surface area (Å²) in [5.41, 5.74) is 3.77. The Hall–Kier alpha value is -4.73. The van der Waals surface area contributed by atoms with Crippen molar-refractivity contribution in [3.05, 3.63) is 89.5 Å². The predicted octanol–water partition coefficient (Wildman–Crippen LogP) is 3.51. The molecule has 3 heterocycles. The summed E-state index contributed by atoms with van der Waals surface area (Å²) in [6.07, 6.45) is 1.92. The van der Waals surface area contributed by atoms with Crippen LogP contribution in [-0.2, 0) is 14.3 Å². The fraction of sp³-hybridized carbons (Fsp3) is 0.222. The number of hydrazone groups is 1. The third-order valence-electron chi connectivity index (χ3n) is 6.08. The van der Waals surface area contributed by atoms with Crippen LogP contribution in [-0.4, -0.2) is 51.9 Å². The number of fused-ring (bicyclic) bond motifs is 1. The van der Waals surface area contributed by atoms with Crippen LogP contribution in [0.3, 0.4) is 0 Å². The maximum absolute atomic E-state index is 13.0. The molecular formula is C27H25N5O5. The zero-order chi connectivity index (χ0) is 25.8. The van der Waals surface area contributed by atoms with Gasteiger partial charge in [-0.1, -0.05) is 48.0 Å². The smallest absolute Gasteiger partial charge is 0.308 e. The number of aryl methyl sites for hydroxylation is 1. The fourth-order valence-corrected chi connectivity index (χ4v) is 4.14. The van der Waals surface area contributed by atoms with Gasteiger partial charge in [-0.05, 0) is 30.7 Å². The normalized spacial score (nSPS) is 15.0. The quantitative estimate of drug-likeness (QED) is 0.357. The number of para-hydroxylation sites is 1. The second kappa shape index (κ2) is 10.5. The number of carbonyl (C=O) groups is 3. The molecular weight excluding hydrogens is 474 g/mol. The molecule has 0 aliphatic carbocycles. The number of benzene rings is 2. The summed E-state index contributed by atoms with van der Waals surface area (Å²) < 4.78 is 10.7. The summed E-state index contributed by atoms with van der Waals surface area (Å²) in [5.74, 6) is -0.891. The number of nitrogens with zero attached hydrogens (tertiary/aromatic N) is 3. The maximum Gasteiger partial charge on any atom is 0.308 e. The number of aromatic amines is 1. The van der Waals surface area contributed by atoms with E-state index >= 15 is 0 Å². The van der Waals surface area contributed by atoms with Gasteiger partial charge in [0.2, 0.25) is 0 Å². The van der Waals surface area contributed by atoms with Crippen LogP contribution in [0.4, 0.5) is 0 Å². The van der Waals surface area contributed by atoms with Crippen molar-refractivity contribution in [1.82, 2.24) is 20.5 Å². The Labute approximate surface area is 212 Å². The van der Waals surface area contributed by atoms with Crippen LogP contribution < -0.4 is 5.32 Å². The second-order valence-corrected chi connectivity index (χ2v) is 8.67. The van der Waals surface area contributed by atoms with Gasteiger partial charge in [-0.2, -0.15) is 10.2 Å². The van der Waals surface area contributed by atoms with E-state index < -0.39 is 30.4 Å². The van der Waals surface area contributed by atoms with Gasteiger partial charge >= 0.3 is 5.97 Å². The van der Waals surface area contributed by atoms with Crippen molar-refractivity contribution < 1.29 is 23.5 Å². The van der Waals surface area contributed by atoms with Crippen LogP contribution in [0.2, 0.25) is 0 Å². The third kappa shape index (κ3) is 5.27. The summed E-state index contributed by atoms with van der Waals surface area (Å²) in [7, 11) is 0. The van der Waals surface area contributed by atoms with Crippen molar-refractivity contribution in [2.45, 2.75) is 25.8 Å². The minimum atomic E-state index is -0.614. The van der Waals surface area contributed by atoms with Crippen LogP contribution >= 0.6 is 0 Å². The summed E-state index contributed by atoms with van der Waals surface area (Å²) in [5, 5.41) is 16.0. The summed E-state index contributed by atoms with van der Waals surface area (Å²) in [4.78, 5) is 37.6. The highest BCUT2D eigenvalue weighted by Crippen LogP contribution is 2.33. The van der Waals surface area contributed by atoms with Gasteiger partial charge in [0.05, 0.1) is 23.9 Å². The molecule has 0 spiro atoms. The molecule has 10 nitrogen and oxygen atoms in total. The zero-order valence-electron chi connectivity index (χ0n) is 20.1. The first kappa shape index (κ1) is 24.0. The van der Waals surface area contributed by atoms with Crippen molar-refractivity contribution in [2.75, 3.05) is 13.2 Å². The first-order valence-corrected chi connectivity index (χ1v) is 11.9. The summed E-state index contributed by atoms with van der Waals surface area (Å²) >= 11 is 0. The van der Waals surface area contributed by atoms with Crippen molar-refractivity contribution in [3.8, 4) is 0 Å². The molecule has 2 aromatic heterocycles. The lowest BCUT2D eigenvalue weighted by Gasteiger charge is -2.19. The number of aromatic nitrogens is 2. The van der Waals surface area contributed by atoms with Crippen molar-refractivity contribution in [1.29, 1.82) is 0 Å². The number of H-pyrrole nitrogens is 1. The molecule has 0 bridgehead atoms. The van der Waals surface area contributed by atoms with E-state index in [1.165, 1.54) is 5.01 Å². The summed E-state index contributed by atoms with van der Waals surface area (Å²) in [6, 6.07) is 18.3. The van der Waals surface area contributed by atoms with Gasteiger partial charge in [-0.25, -0.2) is 5.01 Å². The van der Waals surface area contributed by atoms with Crippen molar-refractivity contribution >= 4 is 34.4 Å². The minimum Gasteiger partial charge on any atom is -0.467 e. The van der Waals surface area contributed by atoms with Crippen LogP contribution in [0, 0.1) is 6.92 Å². The van der Waals surface area contributed by atoms with Gasteiger partial charge in [0, 0.05) is 18.4 Å². The number of ether oxygens (including phenoxy) is 1. The number of hydrogen-bond donors (Lipinski definition) is 2. The first-order valence-electron chi connectivity index (χ1n) is 11.9. The van der Waals surface area contributed by atoms with Gasteiger partial charge in [-0.3, -0.25) is 19.5 Å². The Morgan fingerprint density at radius 2 is 1.92 bits per heavy atom. The molecule has 0 saturated carbocycles. The Morgan fingerprint density at radius 1 is 1.11 bits per heavy atom. The number of carbonyl (C=O) groups excluding carboxylic acids is 3. The molecule has 4 aromatic rings. The average Bonchev–Trinajstić information content (AvgIpc) is 3.67. The number of amides is 2. The van der Waals surface area contributed by atoms with E-state index in [-0.39, 0.29) is 18.7 Å². The fourth-order valence-electron chi connectivity index (χ4n) is 4.14. The zero-order valence-corrected chi connectivity index (χ0v) is 20.1.